The lowest BCUT2D eigenvalue weighted by molar-refractivity contribution is 0.176. The second-order valence-corrected chi connectivity index (χ2v) is 5.89. The van der Waals surface area contributed by atoms with Crippen LogP contribution >= 0.6 is 0 Å². The fourth-order valence-corrected chi connectivity index (χ4v) is 3.01. The topological polar surface area (TPSA) is 67.5 Å². The number of rotatable bonds is 5. The van der Waals surface area contributed by atoms with Crippen LogP contribution in [-0.4, -0.2) is 41.1 Å². The minimum absolute atomic E-state index is 0.205. The van der Waals surface area contributed by atoms with Gasteiger partial charge in [0.15, 0.2) is 0 Å². The van der Waals surface area contributed by atoms with Crippen molar-refractivity contribution in [3.05, 3.63) is 34.3 Å². The molecular formula is C17H23N3O3. The summed E-state index contributed by atoms with van der Waals surface area (Å²) in [5.74, 6) is 0.776. The van der Waals surface area contributed by atoms with Crippen molar-refractivity contribution < 1.29 is 9.47 Å². The third-order valence-electron chi connectivity index (χ3n) is 4.22. The molecule has 0 radical (unpaired) electrons. The van der Waals surface area contributed by atoms with Crippen molar-refractivity contribution in [1.82, 2.24) is 14.9 Å². The van der Waals surface area contributed by atoms with Crippen molar-refractivity contribution in [1.29, 1.82) is 0 Å². The average Bonchev–Trinajstić information content (AvgIpc) is 2.54. The number of likely N-dealkylation sites (tertiary alicyclic amines) is 1. The van der Waals surface area contributed by atoms with Crippen molar-refractivity contribution >= 4 is 5.57 Å². The Morgan fingerprint density at radius 3 is 2.91 bits per heavy atom. The summed E-state index contributed by atoms with van der Waals surface area (Å²) in [5.41, 5.74) is 1.12. The van der Waals surface area contributed by atoms with Crippen molar-refractivity contribution in [2.75, 3.05) is 26.2 Å². The third-order valence-corrected chi connectivity index (χ3v) is 4.22. The molecular weight excluding hydrogens is 294 g/mol. The van der Waals surface area contributed by atoms with E-state index >= 15 is 0 Å². The van der Waals surface area contributed by atoms with E-state index in [1.165, 1.54) is 19.3 Å². The first-order chi connectivity index (χ1) is 11.2. The van der Waals surface area contributed by atoms with Gasteiger partial charge in [-0.25, -0.2) is 0 Å². The van der Waals surface area contributed by atoms with Gasteiger partial charge in [-0.1, -0.05) is 19.9 Å². The number of piperidine rings is 1. The first kappa shape index (κ1) is 15.8. The Morgan fingerprint density at radius 2 is 2.17 bits per heavy atom. The fourth-order valence-electron chi connectivity index (χ4n) is 3.01. The summed E-state index contributed by atoms with van der Waals surface area (Å²) < 4.78 is 11.1. The monoisotopic (exact) mass is 317 g/mol. The molecule has 3 rings (SSSR count). The minimum Gasteiger partial charge on any atom is -0.463 e. The number of nitrogens with zero attached hydrogens (tertiary/aromatic N) is 2. The second-order valence-electron chi connectivity index (χ2n) is 5.89. The number of fused-ring (bicyclic) bond motifs is 1. The normalized spacial score (nSPS) is 18.1. The molecule has 3 heterocycles. The van der Waals surface area contributed by atoms with E-state index in [0.717, 1.165) is 31.6 Å². The lowest BCUT2D eigenvalue weighted by atomic mass is 10.0. The summed E-state index contributed by atoms with van der Waals surface area (Å²) in [6, 6.07) is 0.205. The van der Waals surface area contributed by atoms with Gasteiger partial charge in [0.25, 0.3) is 11.6 Å². The van der Waals surface area contributed by atoms with E-state index in [9.17, 15) is 4.79 Å². The van der Waals surface area contributed by atoms with Gasteiger partial charge in [-0.15, -0.1) is 0 Å². The maximum atomic E-state index is 12.3. The molecule has 0 bridgehead atoms. The van der Waals surface area contributed by atoms with E-state index in [1.807, 2.05) is 6.92 Å². The molecule has 1 aromatic rings. The molecule has 0 aromatic carbocycles. The molecule has 0 saturated carbocycles. The molecule has 0 spiro atoms. The molecule has 6 nitrogen and oxygen atoms in total. The maximum absolute atomic E-state index is 12.3. The molecule has 0 amide bonds. The number of hydrogen-bond donors (Lipinski definition) is 1. The van der Waals surface area contributed by atoms with Crippen molar-refractivity contribution in [3.63, 3.8) is 0 Å². The number of aromatic nitrogens is 2. The van der Waals surface area contributed by atoms with Gasteiger partial charge in [0.1, 0.15) is 17.9 Å². The van der Waals surface area contributed by atoms with Gasteiger partial charge >= 0.3 is 0 Å². The highest BCUT2D eigenvalue weighted by atomic mass is 16.5. The van der Waals surface area contributed by atoms with Gasteiger partial charge in [-0.2, -0.15) is 4.98 Å². The summed E-state index contributed by atoms with van der Waals surface area (Å²) in [7, 11) is 0. The smallest absolute Gasteiger partial charge is 0.299 e. The van der Waals surface area contributed by atoms with Gasteiger partial charge < -0.3 is 9.47 Å². The standard InChI is InChI=1S/C17H23N3O3/c1-3-13-11-12(2)23-16-14(13)15(21)18-17(19-16)22-10-9-20-7-5-4-6-8-20/h11H,2-10H2,1H3,(H,18,19,21). The van der Waals surface area contributed by atoms with Gasteiger partial charge in [0.05, 0.1) is 0 Å². The molecule has 2 aliphatic heterocycles. The van der Waals surface area contributed by atoms with E-state index in [0.29, 0.717) is 17.9 Å². The number of aromatic amines is 1. The highest BCUT2D eigenvalue weighted by molar-refractivity contribution is 5.72. The number of allylic oxidation sites excluding steroid dienone is 2. The van der Waals surface area contributed by atoms with Gasteiger partial charge in [0, 0.05) is 6.54 Å². The fraction of sp³-hybridized carbons (Fsp3) is 0.529. The Hall–Kier alpha value is -2.08. The molecule has 1 saturated heterocycles. The van der Waals surface area contributed by atoms with Crippen molar-refractivity contribution in [3.8, 4) is 11.9 Å². The van der Waals surface area contributed by atoms with Crippen molar-refractivity contribution in [2.24, 2.45) is 0 Å². The van der Waals surface area contributed by atoms with E-state index in [1.54, 1.807) is 6.08 Å². The van der Waals surface area contributed by atoms with Crippen molar-refractivity contribution in [2.45, 2.75) is 32.6 Å². The lowest BCUT2D eigenvalue weighted by Gasteiger charge is -2.26. The molecule has 0 atom stereocenters. The molecule has 124 valence electrons. The second kappa shape index (κ2) is 7.00. The molecule has 1 aromatic heterocycles. The molecule has 0 aliphatic carbocycles. The molecule has 2 aliphatic rings. The van der Waals surface area contributed by atoms with Crippen LogP contribution in [0.15, 0.2) is 23.2 Å². The predicted octanol–water partition coefficient (Wildman–Crippen LogP) is 2.33. The zero-order chi connectivity index (χ0) is 16.2. The first-order valence-corrected chi connectivity index (χ1v) is 8.24. The summed E-state index contributed by atoms with van der Waals surface area (Å²) in [6.07, 6.45) is 6.29. The van der Waals surface area contributed by atoms with Crippen LogP contribution in [0.25, 0.3) is 5.57 Å². The van der Waals surface area contributed by atoms with Crippen LogP contribution < -0.4 is 15.0 Å². The van der Waals surface area contributed by atoms with Crippen LogP contribution in [-0.2, 0) is 0 Å². The number of ether oxygens (including phenoxy) is 2. The van der Waals surface area contributed by atoms with Crippen LogP contribution in [0.2, 0.25) is 0 Å². The van der Waals surface area contributed by atoms with E-state index in [4.69, 9.17) is 9.47 Å². The highest BCUT2D eigenvalue weighted by Crippen LogP contribution is 2.30. The molecule has 1 N–H and O–H groups in total. The Morgan fingerprint density at radius 1 is 1.39 bits per heavy atom. The lowest BCUT2D eigenvalue weighted by Crippen LogP contribution is -2.33. The van der Waals surface area contributed by atoms with E-state index in [2.05, 4.69) is 21.4 Å². The molecule has 23 heavy (non-hydrogen) atoms. The number of nitrogens with one attached hydrogen (secondary N) is 1. The highest BCUT2D eigenvalue weighted by Gasteiger charge is 2.21. The minimum atomic E-state index is -0.233. The average molecular weight is 317 g/mol. The zero-order valence-electron chi connectivity index (χ0n) is 13.6. The Kier molecular flexibility index (Phi) is 4.81. The van der Waals surface area contributed by atoms with Gasteiger partial charge in [-0.3, -0.25) is 14.7 Å². The van der Waals surface area contributed by atoms with Crippen LogP contribution in [0.3, 0.4) is 0 Å². The van der Waals surface area contributed by atoms with Gasteiger partial charge in [-0.05, 0) is 44.0 Å². The summed E-state index contributed by atoms with van der Waals surface area (Å²) in [6.45, 7) is 9.35. The number of hydrogen-bond acceptors (Lipinski definition) is 5. The SMILES string of the molecule is C=C1C=C(CC)c2c(nc(OCCN3CCCCC3)[nH]c2=O)O1. The van der Waals surface area contributed by atoms with Crippen LogP contribution in [0.5, 0.6) is 11.9 Å². The predicted molar refractivity (Wildman–Crippen MR) is 88.7 cm³/mol. The first-order valence-electron chi connectivity index (χ1n) is 8.24. The maximum Gasteiger partial charge on any atom is 0.299 e. The summed E-state index contributed by atoms with van der Waals surface area (Å²) in [5, 5.41) is 0. The van der Waals surface area contributed by atoms with Crippen LogP contribution in [0.1, 0.15) is 38.2 Å². The Labute approximate surface area is 135 Å². The van der Waals surface area contributed by atoms with Gasteiger partial charge in [0.2, 0.25) is 5.88 Å². The van der Waals surface area contributed by atoms with E-state index in [-0.39, 0.29) is 17.4 Å². The largest absolute Gasteiger partial charge is 0.463 e. The van der Waals surface area contributed by atoms with Crippen LogP contribution in [0, 0.1) is 0 Å². The Balaban J connectivity index is 1.69. The third kappa shape index (κ3) is 3.64. The zero-order valence-corrected chi connectivity index (χ0v) is 13.6. The summed E-state index contributed by atoms with van der Waals surface area (Å²) in [4.78, 5) is 21.6. The quantitative estimate of drug-likeness (QED) is 0.903. The molecule has 0 unspecified atom stereocenters. The number of H-pyrrole nitrogens is 1. The molecule has 6 heteroatoms. The Bertz CT molecular complexity index is 672. The van der Waals surface area contributed by atoms with Crippen LogP contribution in [0.4, 0.5) is 0 Å². The van der Waals surface area contributed by atoms with E-state index < -0.39 is 0 Å². The summed E-state index contributed by atoms with van der Waals surface area (Å²) >= 11 is 0. The molecule has 1 fully saturated rings.